The van der Waals surface area contributed by atoms with Crippen LogP contribution in [0.2, 0.25) is 5.02 Å². The second-order valence-electron chi connectivity index (χ2n) is 4.95. The molecule has 0 saturated heterocycles. The number of carbonyl (C=O) groups is 1. The molecule has 0 radical (unpaired) electrons. The van der Waals surface area contributed by atoms with Crippen LogP contribution in [0.3, 0.4) is 0 Å². The Hall–Kier alpha value is -1.84. The van der Waals surface area contributed by atoms with Gasteiger partial charge in [-0.25, -0.2) is 0 Å². The zero-order chi connectivity index (χ0) is 14.6. The third-order valence-corrected chi connectivity index (χ3v) is 4.30. The second kappa shape index (κ2) is 4.58. The van der Waals surface area contributed by atoms with Gasteiger partial charge in [-0.05, 0) is 12.1 Å². The van der Waals surface area contributed by atoms with Gasteiger partial charge in [0.2, 0.25) is 0 Å². The molecule has 0 amide bonds. The molecule has 4 rings (SSSR count). The minimum atomic E-state index is -0.0425. The van der Waals surface area contributed by atoms with Crippen LogP contribution in [0, 0.1) is 0 Å². The van der Waals surface area contributed by atoms with Crippen LogP contribution in [0.25, 0.3) is 22.2 Å². The highest BCUT2D eigenvalue weighted by Gasteiger charge is 2.30. The largest absolute Gasteiger partial charge is 0.289 e. The number of carbonyl (C=O) groups excluding carboxylic acids is 1. The smallest absolute Gasteiger partial charge is 0.195 e. The first kappa shape index (κ1) is 12.9. The number of fused-ring (bicyclic) bond motifs is 2. The lowest BCUT2D eigenvalue weighted by Crippen LogP contribution is -2.09. The van der Waals surface area contributed by atoms with Crippen molar-refractivity contribution in [2.24, 2.45) is 0 Å². The summed E-state index contributed by atoms with van der Waals surface area (Å²) in [6.07, 6.45) is 0. The summed E-state index contributed by atoms with van der Waals surface area (Å²) in [6.45, 7) is 0.603. The zero-order valence-electron chi connectivity index (χ0n) is 10.9. The van der Waals surface area contributed by atoms with Crippen LogP contribution in [-0.2, 0) is 6.54 Å². The molecule has 0 fully saturated rings. The van der Waals surface area contributed by atoms with Gasteiger partial charge in [-0.1, -0.05) is 35.9 Å². The Morgan fingerprint density at radius 2 is 1.86 bits per heavy atom. The average Bonchev–Trinajstić information content (AvgIpc) is 2.85. The number of alkyl halides is 1. The van der Waals surface area contributed by atoms with E-state index in [1.165, 1.54) is 0 Å². The van der Waals surface area contributed by atoms with Crippen LogP contribution in [0.4, 0.5) is 0 Å². The van der Waals surface area contributed by atoms with Crippen LogP contribution in [-0.4, -0.2) is 21.4 Å². The van der Waals surface area contributed by atoms with Crippen LogP contribution in [0.5, 0.6) is 0 Å². The maximum Gasteiger partial charge on any atom is 0.195 e. The maximum absolute atomic E-state index is 12.7. The van der Waals surface area contributed by atoms with Gasteiger partial charge < -0.3 is 0 Å². The van der Waals surface area contributed by atoms with E-state index in [1.54, 1.807) is 6.07 Å². The van der Waals surface area contributed by atoms with E-state index in [1.807, 2.05) is 35.0 Å². The summed E-state index contributed by atoms with van der Waals surface area (Å²) in [6, 6.07) is 11.1. The molecule has 1 aromatic heterocycles. The standard InChI is InChI=1S/C16H10Cl2N2O/c17-7-8-20-12-6-2-4-10-14(12)15(19-20)9-3-1-5-11(18)13(9)16(10)21/h1-6H,7-8H2. The summed E-state index contributed by atoms with van der Waals surface area (Å²) in [5.41, 5.74) is 3.73. The van der Waals surface area contributed by atoms with Gasteiger partial charge in [-0.2, -0.15) is 5.10 Å². The fourth-order valence-corrected chi connectivity index (χ4v) is 3.36. The molecule has 0 aliphatic heterocycles. The Balaban J connectivity index is 2.16. The number of ketones is 1. The topological polar surface area (TPSA) is 34.9 Å². The molecule has 3 aromatic rings. The molecule has 21 heavy (non-hydrogen) atoms. The number of hydrogen-bond donors (Lipinski definition) is 0. The lowest BCUT2D eigenvalue weighted by molar-refractivity contribution is 0.104. The highest BCUT2D eigenvalue weighted by molar-refractivity contribution is 6.38. The van der Waals surface area contributed by atoms with Gasteiger partial charge in [-0.15, -0.1) is 11.6 Å². The summed E-state index contributed by atoms with van der Waals surface area (Å²) in [5, 5.41) is 6.00. The normalized spacial score (nSPS) is 12.8. The number of rotatable bonds is 2. The summed E-state index contributed by atoms with van der Waals surface area (Å²) in [5.74, 6) is 0.427. The predicted octanol–water partition coefficient (Wildman–Crippen LogP) is 4.14. The molecule has 0 saturated carbocycles. The molecule has 2 aromatic carbocycles. The molecule has 0 bridgehead atoms. The van der Waals surface area contributed by atoms with Crippen molar-refractivity contribution >= 4 is 39.9 Å². The van der Waals surface area contributed by atoms with E-state index in [4.69, 9.17) is 23.2 Å². The first-order valence-corrected chi connectivity index (χ1v) is 7.52. The van der Waals surface area contributed by atoms with Crippen LogP contribution < -0.4 is 0 Å². The van der Waals surface area contributed by atoms with Crippen molar-refractivity contribution in [2.45, 2.75) is 6.54 Å². The Morgan fingerprint density at radius 3 is 2.67 bits per heavy atom. The molecule has 0 N–H and O–H groups in total. The van der Waals surface area contributed by atoms with Crippen molar-refractivity contribution < 1.29 is 4.79 Å². The van der Waals surface area contributed by atoms with E-state index in [0.29, 0.717) is 28.6 Å². The highest BCUT2D eigenvalue weighted by atomic mass is 35.5. The van der Waals surface area contributed by atoms with E-state index >= 15 is 0 Å². The molecule has 104 valence electrons. The van der Waals surface area contributed by atoms with Crippen molar-refractivity contribution in [2.75, 3.05) is 5.88 Å². The van der Waals surface area contributed by atoms with Crippen molar-refractivity contribution in [1.82, 2.24) is 9.78 Å². The number of hydrogen-bond acceptors (Lipinski definition) is 2. The summed E-state index contributed by atoms with van der Waals surface area (Å²) in [4.78, 5) is 12.7. The molecule has 0 atom stereocenters. The average molecular weight is 317 g/mol. The Labute approximate surface area is 131 Å². The predicted molar refractivity (Wildman–Crippen MR) is 84.3 cm³/mol. The highest BCUT2D eigenvalue weighted by Crippen LogP contribution is 2.41. The van der Waals surface area contributed by atoms with E-state index in [-0.39, 0.29) is 5.78 Å². The van der Waals surface area contributed by atoms with Crippen LogP contribution in [0.15, 0.2) is 36.4 Å². The summed E-state index contributed by atoms with van der Waals surface area (Å²) in [7, 11) is 0. The van der Waals surface area contributed by atoms with Gasteiger partial charge in [0.05, 0.1) is 22.6 Å². The number of aryl methyl sites for hydroxylation is 1. The number of aromatic nitrogens is 2. The Morgan fingerprint density at radius 1 is 1.10 bits per heavy atom. The van der Waals surface area contributed by atoms with E-state index in [2.05, 4.69) is 5.10 Å². The Bertz CT molecular complexity index is 899. The maximum atomic E-state index is 12.7. The summed E-state index contributed by atoms with van der Waals surface area (Å²) < 4.78 is 1.85. The minimum absolute atomic E-state index is 0.0425. The van der Waals surface area contributed by atoms with Gasteiger partial charge in [-0.3, -0.25) is 9.48 Å². The number of nitrogens with zero attached hydrogens (tertiary/aromatic N) is 2. The van der Waals surface area contributed by atoms with Crippen molar-refractivity contribution in [3.05, 3.63) is 52.5 Å². The van der Waals surface area contributed by atoms with Gasteiger partial charge in [0.25, 0.3) is 0 Å². The van der Waals surface area contributed by atoms with Crippen molar-refractivity contribution in [1.29, 1.82) is 0 Å². The molecule has 5 heteroatoms. The van der Waals surface area contributed by atoms with Crippen molar-refractivity contribution in [3.8, 4) is 11.3 Å². The van der Waals surface area contributed by atoms with Gasteiger partial charge in [0.1, 0.15) is 5.69 Å². The monoisotopic (exact) mass is 316 g/mol. The molecular weight excluding hydrogens is 307 g/mol. The van der Waals surface area contributed by atoms with Crippen molar-refractivity contribution in [3.63, 3.8) is 0 Å². The molecule has 0 spiro atoms. The number of benzene rings is 2. The molecule has 1 heterocycles. The lowest BCUT2D eigenvalue weighted by Gasteiger charge is -2.15. The Kier molecular flexibility index (Phi) is 2.81. The van der Waals surface area contributed by atoms with E-state index in [9.17, 15) is 4.79 Å². The minimum Gasteiger partial charge on any atom is -0.289 e. The second-order valence-corrected chi connectivity index (χ2v) is 5.74. The quantitative estimate of drug-likeness (QED) is 0.521. The fourth-order valence-electron chi connectivity index (χ4n) is 2.94. The van der Waals surface area contributed by atoms with E-state index < -0.39 is 0 Å². The third-order valence-electron chi connectivity index (χ3n) is 3.81. The molecule has 0 unspecified atom stereocenters. The SMILES string of the molecule is O=C1c2c(Cl)cccc2-c2nn(CCCl)c3cccc1c23. The molecule has 1 aliphatic rings. The van der Waals surface area contributed by atoms with Gasteiger partial charge >= 0.3 is 0 Å². The first-order valence-electron chi connectivity index (χ1n) is 6.61. The van der Waals surface area contributed by atoms with Gasteiger partial charge in [0, 0.05) is 22.4 Å². The number of halogens is 2. The van der Waals surface area contributed by atoms with E-state index in [0.717, 1.165) is 22.2 Å². The molecular formula is C16H10Cl2N2O. The first-order chi connectivity index (χ1) is 10.2. The lowest BCUT2D eigenvalue weighted by atomic mass is 9.87. The van der Waals surface area contributed by atoms with Crippen LogP contribution >= 0.6 is 23.2 Å². The zero-order valence-corrected chi connectivity index (χ0v) is 12.4. The molecule has 1 aliphatic carbocycles. The molecule has 3 nitrogen and oxygen atoms in total. The third kappa shape index (κ3) is 1.68. The van der Waals surface area contributed by atoms with Gasteiger partial charge in [0.15, 0.2) is 5.78 Å². The van der Waals surface area contributed by atoms with Crippen LogP contribution in [0.1, 0.15) is 15.9 Å². The summed E-state index contributed by atoms with van der Waals surface area (Å²) >= 11 is 12.1. The fraction of sp³-hybridized carbons (Fsp3) is 0.125.